The predicted molar refractivity (Wildman–Crippen MR) is 247 cm³/mol. The van der Waals surface area contributed by atoms with Gasteiger partial charge in [0.2, 0.25) is 11.8 Å². The van der Waals surface area contributed by atoms with E-state index in [1.165, 1.54) is 0 Å². The molecule has 2 aromatic rings. The molecule has 0 aliphatic rings. The summed E-state index contributed by atoms with van der Waals surface area (Å²) < 4.78 is 12.8. The molecule has 25 nitrogen and oxygen atoms in total. The van der Waals surface area contributed by atoms with Crippen molar-refractivity contribution >= 4 is 84.2 Å². The van der Waals surface area contributed by atoms with E-state index >= 15 is 0 Å². The molecule has 0 saturated heterocycles. The van der Waals surface area contributed by atoms with E-state index in [4.69, 9.17) is 14.3 Å². The molecule has 0 saturated carbocycles. The number of hydrogen-bond donors (Lipinski definition) is 8. The number of Topliss-reactive ketones (excluding diaryl/α,β-unsaturated/α-hetero) is 2. The van der Waals surface area contributed by atoms with Crippen LogP contribution in [0.3, 0.4) is 0 Å². The molecular weight excluding hydrogens is 1060 g/mol. The first-order valence-electron chi connectivity index (χ1n) is 21.9. The number of unbranched alkanes of at least 4 members (excludes halogenated alkanes) is 1. The molecule has 391 valence electrons. The fraction of sp³-hybridized carbons (Fsp3) is 0.467. The zero-order valence-corrected chi connectivity index (χ0v) is 41.2. The predicted octanol–water partition coefficient (Wildman–Crippen LogP) is 1.62. The Kier molecular flexibility index (Phi) is 30.8. The summed E-state index contributed by atoms with van der Waals surface area (Å²) in [6.45, 7) is -0.703. The molecule has 2 rings (SSSR count). The standard InChI is InChI=1S/C45H58N7O17S.O.Tc/c46-30(41(62)49-33(22-39(59)60)42(63)50-34(24-70)44(66)67)23-47-40(61)28(19-26-9-3-1-4-10-26)21-35(55)32(20-27-11-5-2-6-12-27)48-36(56)14-8-7-13-29(54)15-16-31(43(64)65)51-45(68)52-37(69-25-53)17-18-38(57)58;;/h1-6,9-12,25,28,30-34,37,46H,7-8,13-24H2,(H11,47,48,49,50,51,52,56,57,58,59,60,61,62,63,64,65,66,67,68,70);;/q-1;;+4/p-3/t28-,30+,31+,32+,33+,34+,37-;;/m1../s1/i;;1+1. The first kappa shape index (κ1) is 63.1. The Bertz CT molecular complexity index is 2160. The van der Waals surface area contributed by atoms with Crippen molar-refractivity contribution in [1.29, 1.82) is 0 Å². The summed E-state index contributed by atoms with van der Waals surface area (Å²) in [5, 5.41) is 53.1. The molecule has 0 radical (unpaired) electrons. The number of rotatable bonds is 35. The summed E-state index contributed by atoms with van der Waals surface area (Å²) in [5.74, 6) is -12.4. The molecule has 0 spiro atoms. The summed E-state index contributed by atoms with van der Waals surface area (Å²) in [6.07, 6.45) is -3.95. The van der Waals surface area contributed by atoms with Gasteiger partial charge in [-0.1, -0.05) is 72.7 Å². The summed E-state index contributed by atoms with van der Waals surface area (Å²) >= 11 is 5.55. The van der Waals surface area contributed by atoms with Crippen LogP contribution in [-0.2, 0) is 105 Å². The van der Waals surface area contributed by atoms with Crippen molar-refractivity contribution in [3.05, 3.63) is 88.2 Å². The van der Waals surface area contributed by atoms with E-state index in [-0.39, 0.29) is 70.0 Å². The van der Waals surface area contributed by atoms with Crippen LogP contribution >= 0.6 is 0 Å². The van der Waals surface area contributed by atoms with Gasteiger partial charge in [-0.3, -0.25) is 38.4 Å². The number of carboxylic acids is 4. The average Bonchev–Trinajstić information content (AvgIpc) is 3.34. The number of carboxylic acid groups (broad SMARTS) is 4. The molecule has 7 atom stereocenters. The number of ketones is 2. The third-order valence-corrected chi connectivity index (χ3v) is 10.5. The summed E-state index contributed by atoms with van der Waals surface area (Å²) in [7, 11) is 0. The normalized spacial score (nSPS) is 13.4. The number of carbonyl (C=O) groups is 12. The SMILES string of the molecule is [NH-][C@@H](CNC(=O)[C@@H](CC(=O)[C@H](Cc1ccccc1)NC(=O)CCCCC(=O)CC[C@H](NC(=O)N[C@@H](CCC(=O)O)OC=O)C(=O)O)Cc1ccccc1)C(=O)[N-][C@@H](CC(=O)O)C(=O)[N-][C@@H](C[S-])C(=O)O.[O]=[99Tc+4]. The second-order valence-electron chi connectivity index (χ2n) is 15.7. The molecule has 0 aliphatic heterocycles. The van der Waals surface area contributed by atoms with E-state index < -0.39 is 133 Å². The average molecular weight is 1110 g/mol. The van der Waals surface area contributed by atoms with Gasteiger partial charge in [-0.15, -0.1) is 0 Å². The molecular formula is C45H55N7O18STc. The zero-order valence-electron chi connectivity index (χ0n) is 38.5. The number of nitrogens with one attached hydrogen (secondary N) is 5. The van der Waals surface area contributed by atoms with Crippen LogP contribution in [0.5, 0.6) is 0 Å². The Hall–Kier alpha value is -6.96. The van der Waals surface area contributed by atoms with Crippen molar-refractivity contribution in [2.24, 2.45) is 5.92 Å². The van der Waals surface area contributed by atoms with Gasteiger partial charge in [0, 0.05) is 62.8 Å². The van der Waals surface area contributed by atoms with E-state index in [0.29, 0.717) is 11.1 Å². The number of aliphatic carboxylic acids is 4. The number of benzene rings is 2. The fourth-order valence-corrected chi connectivity index (χ4v) is 6.69. The minimum atomic E-state index is -1.97. The van der Waals surface area contributed by atoms with Gasteiger partial charge in [0.05, 0.1) is 12.5 Å². The molecule has 0 heterocycles. The number of amides is 6. The van der Waals surface area contributed by atoms with Gasteiger partial charge < -0.3 is 85.0 Å². The van der Waals surface area contributed by atoms with E-state index in [0.717, 1.165) is 18.9 Å². The first-order chi connectivity index (χ1) is 34.2. The van der Waals surface area contributed by atoms with Crippen molar-refractivity contribution in [2.75, 3.05) is 12.3 Å². The maximum absolute atomic E-state index is 14.1. The van der Waals surface area contributed by atoms with Gasteiger partial charge in [0.15, 0.2) is 12.0 Å². The summed E-state index contributed by atoms with van der Waals surface area (Å²) in [6, 6.07) is 7.92. The van der Waals surface area contributed by atoms with Crippen LogP contribution in [0.15, 0.2) is 60.7 Å². The molecule has 0 unspecified atom stereocenters. The molecule has 6 amide bonds. The second-order valence-corrected chi connectivity index (χ2v) is 16.0. The number of carbonyl (C=O) groups excluding carboxylic acids is 8. The van der Waals surface area contributed by atoms with Crippen LogP contribution < -0.4 is 21.3 Å². The van der Waals surface area contributed by atoms with Gasteiger partial charge in [-0.25, -0.2) is 9.59 Å². The maximum atomic E-state index is 14.1. The third kappa shape index (κ3) is 26.3. The second kappa shape index (κ2) is 35.2. The minimum absolute atomic E-state index is 0.00558. The van der Waals surface area contributed by atoms with Gasteiger partial charge >= 0.3 is 46.3 Å². The Morgan fingerprint density at radius 1 is 0.667 bits per heavy atom. The Labute approximate surface area is 428 Å². The summed E-state index contributed by atoms with van der Waals surface area (Å²) in [5.41, 5.74) is 9.59. The quantitative estimate of drug-likeness (QED) is 0.0210. The first-order valence-corrected chi connectivity index (χ1v) is 23.2. The van der Waals surface area contributed by atoms with Gasteiger partial charge in [0.1, 0.15) is 11.8 Å². The Morgan fingerprint density at radius 2 is 1.25 bits per heavy atom. The van der Waals surface area contributed by atoms with Crippen LogP contribution in [-0.4, -0.2) is 141 Å². The molecule has 0 bridgehead atoms. The number of hydrogen-bond acceptors (Lipinski definition) is 15. The topological polar surface area (TPSA) is 412 Å². The third-order valence-electron chi connectivity index (χ3n) is 10.1. The van der Waals surface area contributed by atoms with Crippen LogP contribution in [0.1, 0.15) is 75.3 Å². The Morgan fingerprint density at radius 3 is 1.79 bits per heavy atom. The van der Waals surface area contributed by atoms with Crippen LogP contribution in [0.25, 0.3) is 16.4 Å². The zero-order chi connectivity index (χ0) is 54.2. The van der Waals surface area contributed by atoms with Crippen LogP contribution in [0.4, 0.5) is 4.79 Å². The van der Waals surface area contributed by atoms with Crippen LogP contribution in [0.2, 0.25) is 0 Å². The molecule has 9 N–H and O–H groups in total. The molecule has 72 heavy (non-hydrogen) atoms. The van der Waals surface area contributed by atoms with Crippen molar-refractivity contribution in [3.63, 3.8) is 0 Å². The Balaban J connectivity index is 0.0000128. The van der Waals surface area contributed by atoms with E-state index in [9.17, 15) is 72.9 Å². The monoisotopic (exact) mass is 1110 g/mol. The van der Waals surface area contributed by atoms with Gasteiger partial charge in [-0.2, -0.15) is 5.75 Å². The van der Waals surface area contributed by atoms with E-state index in [1.807, 2.05) is 0 Å². The number of nitrogens with zero attached hydrogens (tertiary/aromatic N) is 2. The van der Waals surface area contributed by atoms with E-state index in [1.54, 1.807) is 60.7 Å². The molecule has 0 fully saturated rings. The van der Waals surface area contributed by atoms with E-state index in [2.05, 4.69) is 49.3 Å². The van der Waals surface area contributed by atoms with Crippen LogP contribution in [0, 0.1) is 5.92 Å². The van der Waals surface area contributed by atoms with Crippen molar-refractivity contribution in [3.8, 4) is 0 Å². The van der Waals surface area contributed by atoms with Crippen molar-refractivity contribution in [1.82, 2.24) is 21.3 Å². The van der Waals surface area contributed by atoms with Crippen molar-refractivity contribution in [2.45, 2.75) is 113 Å². The van der Waals surface area contributed by atoms with Gasteiger partial charge in [0.25, 0.3) is 12.4 Å². The molecule has 0 aromatic heterocycles. The molecule has 2 aromatic carbocycles. The fourth-order valence-electron chi connectivity index (χ4n) is 6.48. The van der Waals surface area contributed by atoms with Gasteiger partial charge in [-0.05, 0) is 49.3 Å². The number of urea groups is 1. The molecule has 0 aliphatic carbocycles. The van der Waals surface area contributed by atoms with Crippen molar-refractivity contribution < 1.29 is 105 Å². The number of ether oxygens (including phenoxy) is 1. The summed E-state index contributed by atoms with van der Waals surface area (Å²) in [4.78, 5) is 147. The molecule has 27 heteroatoms.